The summed E-state index contributed by atoms with van der Waals surface area (Å²) in [4.78, 5) is 8.57. The smallest absolute Gasteiger partial charge is 0.0852 e. The third-order valence-electron chi connectivity index (χ3n) is 4.14. The zero-order chi connectivity index (χ0) is 14.7. The highest BCUT2D eigenvalue weighted by Crippen LogP contribution is 2.43. The Morgan fingerprint density at radius 2 is 2.00 bits per heavy atom. The second-order valence-corrected chi connectivity index (χ2v) is 5.70. The lowest BCUT2D eigenvalue weighted by molar-refractivity contribution is 0.225. The highest BCUT2D eigenvalue weighted by molar-refractivity contribution is 5.36. The molecule has 4 heteroatoms. The van der Waals surface area contributed by atoms with Gasteiger partial charge in [0.05, 0.1) is 22.9 Å². The summed E-state index contributed by atoms with van der Waals surface area (Å²) in [5.74, 6) is 0. The van der Waals surface area contributed by atoms with E-state index >= 15 is 0 Å². The van der Waals surface area contributed by atoms with E-state index in [1.807, 2.05) is 37.3 Å². The molecule has 1 aromatic carbocycles. The summed E-state index contributed by atoms with van der Waals surface area (Å²) < 4.78 is 0. The average Bonchev–Trinajstić information content (AvgIpc) is 2.49. The lowest BCUT2D eigenvalue weighted by Crippen LogP contribution is -2.50. The van der Waals surface area contributed by atoms with Crippen LogP contribution in [0.25, 0.3) is 0 Å². The molecule has 1 N–H and O–H groups in total. The minimum Gasteiger partial charge on any atom is -0.308 e. The van der Waals surface area contributed by atoms with Crippen molar-refractivity contribution in [1.82, 2.24) is 15.3 Å². The second kappa shape index (κ2) is 5.63. The van der Waals surface area contributed by atoms with Crippen LogP contribution in [0.3, 0.4) is 0 Å². The fraction of sp³-hybridized carbons (Fsp3) is 0.353. The van der Waals surface area contributed by atoms with Gasteiger partial charge >= 0.3 is 0 Å². The molecule has 2 aromatic rings. The van der Waals surface area contributed by atoms with E-state index in [4.69, 9.17) is 0 Å². The maximum absolute atomic E-state index is 9.52. The normalized spacial score (nSPS) is 24.1. The molecule has 21 heavy (non-hydrogen) atoms. The molecule has 0 bridgehead atoms. The summed E-state index contributed by atoms with van der Waals surface area (Å²) in [6.07, 6.45) is 5.29. The van der Waals surface area contributed by atoms with Crippen LogP contribution in [0, 0.1) is 18.3 Å². The van der Waals surface area contributed by atoms with Crippen molar-refractivity contribution in [3.8, 4) is 6.07 Å². The van der Waals surface area contributed by atoms with Crippen LogP contribution in [0.5, 0.6) is 0 Å². The molecule has 3 rings (SSSR count). The van der Waals surface area contributed by atoms with Crippen molar-refractivity contribution in [1.29, 1.82) is 5.26 Å². The van der Waals surface area contributed by atoms with E-state index in [0.29, 0.717) is 12.6 Å². The van der Waals surface area contributed by atoms with Crippen LogP contribution in [-0.4, -0.2) is 16.0 Å². The summed E-state index contributed by atoms with van der Waals surface area (Å²) in [5, 5.41) is 13.0. The van der Waals surface area contributed by atoms with Crippen molar-refractivity contribution in [2.24, 2.45) is 0 Å². The van der Waals surface area contributed by atoms with Crippen LogP contribution in [0.15, 0.2) is 42.7 Å². The first-order chi connectivity index (χ1) is 10.2. The van der Waals surface area contributed by atoms with Gasteiger partial charge in [-0.2, -0.15) is 5.26 Å². The quantitative estimate of drug-likeness (QED) is 0.933. The van der Waals surface area contributed by atoms with Crippen molar-refractivity contribution >= 4 is 0 Å². The van der Waals surface area contributed by atoms with E-state index < -0.39 is 0 Å². The molecular weight excluding hydrogens is 260 g/mol. The summed E-state index contributed by atoms with van der Waals surface area (Å²) in [5.41, 5.74) is 2.67. The summed E-state index contributed by atoms with van der Waals surface area (Å²) >= 11 is 0. The van der Waals surface area contributed by atoms with Crippen molar-refractivity contribution in [2.75, 3.05) is 0 Å². The lowest BCUT2D eigenvalue weighted by Gasteiger charge is -2.43. The topological polar surface area (TPSA) is 61.6 Å². The predicted molar refractivity (Wildman–Crippen MR) is 80.4 cm³/mol. The molecule has 1 saturated carbocycles. The Hall–Kier alpha value is -2.25. The van der Waals surface area contributed by atoms with Crippen LogP contribution < -0.4 is 5.32 Å². The predicted octanol–water partition coefficient (Wildman–Crippen LogP) is 2.50. The van der Waals surface area contributed by atoms with Crippen LogP contribution in [0.2, 0.25) is 0 Å². The number of nitrogens with zero attached hydrogens (tertiary/aromatic N) is 3. The van der Waals surface area contributed by atoms with Crippen molar-refractivity contribution in [3.63, 3.8) is 0 Å². The molecule has 1 fully saturated rings. The standard InChI is InChI=1S/C17H18N4/c1-13-9-20-16(10-19-13)11-21-15-7-17(8-15,12-18)14-5-3-2-4-6-14/h2-6,9-10,15,21H,7-8,11H2,1H3. The Morgan fingerprint density at radius 1 is 1.24 bits per heavy atom. The van der Waals surface area contributed by atoms with E-state index in [1.54, 1.807) is 12.4 Å². The largest absolute Gasteiger partial charge is 0.308 e. The molecule has 0 saturated heterocycles. The van der Waals surface area contributed by atoms with Gasteiger partial charge in [-0.15, -0.1) is 0 Å². The van der Waals surface area contributed by atoms with E-state index in [1.165, 1.54) is 0 Å². The molecule has 0 aliphatic heterocycles. The van der Waals surface area contributed by atoms with Crippen LogP contribution >= 0.6 is 0 Å². The summed E-state index contributed by atoms with van der Waals surface area (Å²) in [6, 6.07) is 12.9. The lowest BCUT2D eigenvalue weighted by atomic mass is 9.62. The van der Waals surface area contributed by atoms with Crippen LogP contribution in [-0.2, 0) is 12.0 Å². The van der Waals surface area contributed by atoms with E-state index in [0.717, 1.165) is 29.8 Å². The number of nitrogens with one attached hydrogen (secondary N) is 1. The van der Waals surface area contributed by atoms with Gasteiger partial charge < -0.3 is 5.32 Å². The Bertz CT molecular complexity index is 637. The maximum atomic E-state index is 9.52. The maximum Gasteiger partial charge on any atom is 0.0852 e. The third-order valence-corrected chi connectivity index (χ3v) is 4.14. The number of aromatic nitrogens is 2. The second-order valence-electron chi connectivity index (χ2n) is 5.70. The third kappa shape index (κ3) is 2.79. The van der Waals surface area contributed by atoms with Crippen LogP contribution in [0.4, 0.5) is 0 Å². The summed E-state index contributed by atoms with van der Waals surface area (Å²) in [7, 11) is 0. The fourth-order valence-corrected chi connectivity index (χ4v) is 2.83. The number of benzene rings is 1. The van der Waals surface area contributed by atoms with Crippen molar-refractivity contribution in [2.45, 2.75) is 37.8 Å². The van der Waals surface area contributed by atoms with Gasteiger partial charge in [-0.25, -0.2) is 0 Å². The molecule has 0 unspecified atom stereocenters. The van der Waals surface area contributed by atoms with Gasteiger partial charge in [-0.1, -0.05) is 30.3 Å². The van der Waals surface area contributed by atoms with Crippen LogP contribution in [0.1, 0.15) is 29.8 Å². The summed E-state index contributed by atoms with van der Waals surface area (Å²) in [6.45, 7) is 2.63. The number of nitriles is 1. The number of hydrogen-bond donors (Lipinski definition) is 1. The minimum atomic E-state index is -0.322. The Morgan fingerprint density at radius 3 is 2.62 bits per heavy atom. The molecule has 1 aromatic heterocycles. The first-order valence-electron chi connectivity index (χ1n) is 7.19. The van der Waals surface area contributed by atoms with Gasteiger partial charge in [0.1, 0.15) is 0 Å². The fourth-order valence-electron chi connectivity index (χ4n) is 2.83. The zero-order valence-electron chi connectivity index (χ0n) is 12.1. The molecule has 4 nitrogen and oxygen atoms in total. The molecule has 1 aliphatic rings. The number of hydrogen-bond acceptors (Lipinski definition) is 4. The average molecular weight is 278 g/mol. The zero-order valence-corrected chi connectivity index (χ0v) is 12.1. The molecule has 0 radical (unpaired) electrons. The first-order valence-corrected chi connectivity index (χ1v) is 7.19. The van der Waals surface area contributed by atoms with Crippen molar-refractivity contribution in [3.05, 3.63) is 59.7 Å². The Labute approximate surface area is 124 Å². The van der Waals surface area contributed by atoms with E-state index in [-0.39, 0.29) is 5.41 Å². The molecule has 1 heterocycles. The minimum absolute atomic E-state index is 0.322. The number of rotatable bonds is 4. The van der Waals surface area contributed by atoms with E-state index in [2.05, 4.69) is 21.4 Å². The molecule has 106 valence electrons. The molecular formula is C17H18N4. The monoisotopic (exact) mass is 278 g/mol. The molecule has 1 aliphatic carbocycles. The highest BCUT2D eigenvalue weighted by Gasteiger charge is 2.45. The van der Waals surface area contributed by atoms with Gasteiger partial charge in [-0.05, 0) is 25.3 Å². The Balaban J connectivity index is 1.58. The van der Waals surface area contributed by atoms with Crippen molar-refractivity contribution < 1.29 is 0 Å². The van der Waals surface area contributed by atoms with Gasteiger partial charge in [0.25, 0.3) is 0 Å². The van der Waals surface area contributed by atoms with Gasteiger partial charge in [-0.3, -0.25) is 9.97 Å². The van der Waals surface area contributed by atoms with Gasteiger partial charge in [0.15, 0.2) is 0 Å². The SMILES string of the molecule is Cc1cnc(CNC2CC(C#N)(c3ccccc3)C2)cn1. The van der Waals surface area contributed by atoms with Gasteiger partial charge in [0.2, 0.25) is 0 Å². The first kappa shape index (κ1) is 13.7. The molecule has 0 spiro atoms. The van der Waals surface area contributed by atoms with E-state index in [9.17, 15) is 5.26 Å². The molecule has 0 amide bonds. The number of aryl methyl sites for hydroxylation is 1. The van der Waals surface area contributed by atoms with Gasteiger partial charge in [0, 0.05) is 25.0 Å². The highest BCUT2D eigenvalue weighted by atomic mass is 15.0. The Kier molecular flexibility index (Phi) is 3.68. The molecule has 0 atom stereocenters.